The molecule has 1 aliphatic rings. The summed E-state index contributed by atoms with van der Waals surface area (Å²) in [5, 5.41) is 23.3. The zero-order chi connectivity index (χ0) is 23.4. The number of rotatable bonds is 8. The van der Waals surface area contributed by atoms with Gasteiger partial charge in [0.15, 0.2) is 11.5 Å². The molecule has 11 heteroatoms. The summed E-state index contributed by atoms with van der Waals surface area (Å²) in [6.07, 6.45) is 4.84. The van der Waals surface area contributed by atoms with Gasteiger partial charge in [0.05, 0.1) is 23.4 Å². The Balaban J connectivity index is 1.54. The summed E-state index contributed by atoms with van der Waals surface area (Å²) in [5.74, 6) is 0.578. The Morgan fingerprint density at radius 3 is 2.85 bits per heavy atom. The summed E-state index contributed by atoms with van der Waals surface area (Å²) in [6.45, 7) is 3.69. The van der Waals surface area contributed by atoms with E-state index in [1.807, 2.05) is 6.07 Å². The second kappa shape index (κ2) is 9.67. The summed E-state index contributed by atoms with van der Waals surface area (Å²) in [4.78, 5) is 21.3. The first kappa shape index (κ1) is 22.9. The summed E-state index contributed by atoms with van der Waals surface area (Å²) in [5.41, 5.74) is 0.0261. The number of ether oxygens (including phenoxy) is 1. The van der Waals surface area contributed by atoms with Gasteiger partial charge in [-0.3, -0.25) is 4.79 Å². The fourth-order valence-corrected chi connectivity index (χ4v) is 3.43. The van der Waals surface area contributed by atoms with Crippen molar-refractivity contribution < 1.29 is 19.0 Å². The lowest BCUT2D eigenvalue weighted by atomic mass is 10.0. The topological polar surface area (TPSA) is 126 Å². The van der Waals surface area contributed by atoms with Crippen molar-refractivity contribution in [1.82, 2.24) is 24.9 Å². The number of carbonyl (C=O) groups excluding carboxylic acids is 1. The molecular weight excluding hydrogens is 429 g/mol. The number of alkyl halides is 1. The zero-order valence-corrected chi connectivity index (χ0v) is 18.6. The number of carbonyl (C=O) groups is 1. The third-order valence-electron chi connectivity index (χ3n) is 5.45. The van der Waals surface area contributed by atoms with Crippen LogP contribution in [0.3, 0.4) is 0 Å². The Kier molecular flexibility index (Phi) is 6.70. The molecule has 4 rings (SSSR count). The Morgan fingerprint density at radius 1 is 1.30 bits per heavy atom. The average Bonchev–Trinajstić information content (AvgIpc) is 3.25. The number of hydrogen-bond acceptors (Lipinski definition) is 8. The van der Waals surface area contributed by atoms with Crippen molar-refractivity contribution in [3.63, 3.8) is 0 Å². The number of hydrogen-bond donors (Lipinski definition) is 4. The predicted octanol–water partition coefficient (Wildman–Crippen LogP) is 2.30. The normalized spacial score (nSPS) is 15.9. The highest BCUT2D eigenvalue weighted by Crippen LogP contribution is 2.24. The smallest absolute Gasteiger partial charge is 0.255 e. The van der Waals surface area contributed by atoms with Crippen LogP contribution in [-0.4, -0.2) is 68.2 Å². The maximum absolute atomic E-state index is 14.1. The van der Waals surface area contributed by atoms with Gasteiger partial charge in [-0.15, -0.1) is 5.10 Å². The highest BCUT2D eigenvalue weighted by molar-refractivity contribution is 5.99. The maximum atomic E-state index is 14.1. The Labute approximate surface area is 190 Å². The van der Waals surface area contributed by atoms with E-state index in [9.17, 15) is 14.3 Å². The van der Waals surface area contributed by atoms with E-state index in [2.05, 4.69) is 31.0 Å². The van der Waals surface area contributed by atoms with Crippen molar-refractivity contribution in [3.8, 4) is 0 Å². The molecule has 0 bridgehead atoms. The number of aromatic nitrogens is 4. The van der Waals surface area contributed by atoms with Crippen molar-refractivity contribution in [3.05, 3.63) is 42.4 Å². The van der Waals surface area contributed by atoms with E-state index in [1.54, 1.807) is 29.0 Å². The molecule has 10 nitrogen and oxygen atoms in total. The van der Waals surface area contributed by atoms with E-state index in [0.717, 1.165) is 18.5 Å². The van der Waals surface area contributed by atoms with Gasteiger partial charge in [0.2, 0.25) is 0 Å². The molecule has 33 heavy (non-hydrogen) atoms. The average molecular weight is 458 g/mol. The van der Waals surface area contributed by atoms with E-state index in [-0.39, 0.29) is 18.2 Å². The second-order valence-electron chi connectivity index (χ2n) is 8.55. The number of imidazole rings is 1. The Bertz CT molecular complexity index is 1110. The third kappa shape index (κ3) is 5.74. The van der Waals surface area contributed by atoms with Crippen molar-refractivity contribution in [2.45, 2.75) is 44.5 Å². The van der Waals surface area contributed by atoms with Crippen molar-refractivity contribution >= 4 is 28.9 Å². The van der Waals surface area contributed by atoms with E-state index in [0.29, 0.717) is 30.5 Å². The van der Waals surface area contributed by atoms with Gasteiger partial charge in [-0.05, 0) is 38.8 Å². The summed E-state index contributed by atoms with van der Waals surface area (Å²) in [6, 6.07) is 5.47. The van der Waals surface area contributed by atoms with E-state index >= 15 is 0 Å². The second-order valence-corrected chi connectivity index (χ2v) is 8.55. The van der Waals surface area contributed by atoms with Gasteiger partial charge in [-0.2, -0.15) is 0 Å². The number of nitrogens with zero attached hydrogens (tertiary/aromatic N) is 4. The first-order chi connectivity index (χ1) is 15.8. The molecule has 0 radical (unpaired) electrons. The monoisotopic (exact) mass is 457 g/mol. The molecule has 3 aromatic rings. The van der Waals surface area contributed by atoms with Crippen molar-refractivity contribution in [2.75, 3.05) is 30.4 Å². The summed E-state index contributed by atoms with van der Waals surface area (Å²) in [7, 11) is 0. The van der Waals surface area contributed by atoms with Gasteiger partial charge in [-0.1, -0.05) is 0 Å². The molecule has 0 spiro atoms. The van der Waals surface area contributed by atoms with Gasteiger partial charge in [0, 0.05) is 43.9 Å². The fourth-order valence-electron chi connectivity index (χ4n) is 3.43. The first-order valence-corrected chi connectivity index (χ1v) is 10.9. The minimum atomic E-state index is -1.61. The minimum absolute atomic E-state index is 0.131. The Hall–Kier alpha value is -3.31. The lowest BCUT2D eigenvalue weighted by molar-refractivity contribution is -0.00177. The summed E-state index contributed by atoms with van der Waals surface area (Å²) < 4.78 is 21.2. The van der Waals surface area contributed by atoms with E-state index < -0.39 is 17.7 Å². The number of aliphatic hydroxyl groups is 1. The molecule has 1 unspecified atom stereocenters. The highest BCUT2D eigenvalue weighted by atomic mass is 19.1. The largest absolute Gasteiger partial charge is 0.387 e. The number of nitrogens with one attached hydrogen (secondary N) is 3. The fraction of sp³-hybridized carbons (Fsp3) is 0.455. The van der Waals surface area contributed by atoms with Crippen molar-refractivity contribution in [2.24, 2.45) is 0 Å². The molecule has 4 N–H and O–H groups in total. The molecule has 1 fully saturated rings. The van der Waals surface area contributed by atoms with Crippen molar-refractivity contribution in [1.29, 1.82) is 0 Å². The molecule has 1 saturated heterocycles. The van der Waals surface area contributed by atoms with Crippen LogP contribution in [0.1, 0.15) is 37.0 Å². The minimum Gasteiger partial charge on any atom is -0.387 e. The number of halogens is 1. The lowest BCUT2D eigenvalue weighted by Gasteiger charge is -2.26. The number of anilines is 3. The molecule has 0 saturated carbocycles. The number of fused-ring (bicyclic) bond motifs is 1. The van der Waals surface area contributed by atoms with Crippen LogP contribution in [0.2, 0.25) is 0 Å². The highest BCUT2D eigenvalue weighted by Gasteiger charge is 2.27. The number of pyridine rings is 1. The molecule has 0 aliphatic carbocycles. The van der Waals surface area contributed by atoms with Crippen LogP contribution in [0.15, 0.2) is 36.8 Å². The molecular formula is C22H28FN7O3. The lowest BCUT2D eigenvalue weighted by Crippen LogP contribution is -2.42. The molecule has 1 amide bonds. The SMILES string of the molecule is CC(C)(O)C(F)CNC(=O)c1cnc(Nc2ccc3nccn3n2)cc1NC1CCOCC1. The molecule has 0 aromatic carbocycles. The van der Waals surface area contributed by atoms with Crippen LogP contribution in [0.25, 0.3) is 5.65 Å². The van der Waals surface area contributed by atoms with Gasteiger partial charge in [0.25, 0.3) is 5.91 Å². The molecule has 4 heterocycles. The predicted molar refractivity (Wildman–Crippen MR) is 121 cm³/mol. The van der Waals surface area contributed by atoms with E-state index in [4.69, 9.17) is 4.74 Å². The van der Waals surface area contributed by atoms with Crippen LogP contribution in [0.5, 0.6) is 0 Å². The maximum Gasteiger partial charge on any atom is 0.255 e. The van der Waals surface area contributed by atoms with Crippen LogP contribution < -0.4 is 16.0 Å². The van der Waals surface area contributed by atoms with Crippen LogP contribution in [0, 0.1) is 0 Å². The summed E-state index contributed by atoms with van der Waals surface area (Å²) >= 11 is 0. The first-order valence-electron chi connectivity index (χ1n) is 10.9. The molecule has 1 atom stereocenters. The van der Waals surface area contributed by atoms with Crippen LogP contribution >= 0.6 is 0 Å². The Morgan fingerprint density at radius 2 is 2.09 bits per heavy atom. The van der Waals surface area contributed by atoms with Gasteiger partial charge >= 0.3 is 0 Å². The standard InChI is InChI=1S/C22H28FN7O3/c1-22(2,32)17(23)13-26-21(31)15-12-25-19(11-16(15)27-14-5-9-33-10-6-14)28-18-3-4-20-24-7-8-30(20)29-18/h3-4,7-8,11-12,14,17,32H,5-6,9-10,13H2,1-2H3,(H,26,31)(H2,25,27,28,29). The number of amides is 1. The van der Waals surface area contributed by atoms with Gasteiger partial charge < -0.3 is 25.8 Å². The molecule has 3 aromatic heterocycles. The van der Waals surface area contributed by atoms with Crippen LogP contribution in [-0.2, 0) is 4.74 Å². The quantitative estimate of drug-likeness (QED) is 0.406. The van der Waals surface area contributed by atoms with E-state index in [1.165, 1.54) is 20.0 Å². The van der Waals surface area contributed by atoms with Crippen LogP contribution in [0.4, 0.5) is 21.7 Å². The zero-order valence-electron chi connectivity index (χ0n) is 18.6. The van der Waals surface area contributed by atoms with Gasteiger partial charge in [0.1, 0.15) is 12.0 Å². The van der Waals surface area contributed by atoms with Gasteiger partial charge in [-0.25, -0.2) is 18.9 Å². The third-order valence-corrected chi connectivity index (χ3v) is 5.45. The molecule has 1 aliphatic heterocycles. The molecule has 176 valence electrons.